The SMILES string of the molecule is CS(=O)(=O)CCn1nc(C(F)(F)F)c(C=O)c1Cl. The van der Waals surface area contributed by atoms with Crippen molar-refractivity contribution in [2.75, 3.05) is 12.0 Å². The van der Waals surface area contributed by atoms with Gasteiger partial charge in [-0.3, -0.25) is 9.48 Å². The van der Waals surface area contributed by atoms with E-state index in [1.54, 1.807) is 0 Å². The number of carbonyl (C=O) groups excluding carboxylic acids is 1. The van der Waals surface area contributed by atoms with E-state index < -0.39 is 38.2 Å². The van der Waals surface area contributed by atoms with Crippen molar-refractivity contribution < 1.29 is 26.4 Å². The van der Waals surface area contributed by atoms with Gasteiger partial charge >= 0.3 is 6.18 Å². The smallest absolute Gasteiger partial charge is 0.298 e. The van der Waals surface area contributed by atoms with Gasteiger partial charge in [0.2, 0.25) is 0 Å². The van der Waals surface area contributed by atoms with E-state index in [0.717, 1.165) is 6.26 Å². The highest BCUT2D eigenvalue weighted by Gasteiger charge is 2.39. The molecule has 1 aromatic heterocycles. The summed E-state index contributed by atoms with van der Waals surface area (Å²) < 4.78 is 59.9. The molecule has 0 amide bonds. The van der Waals surface area contributed by atoms with Crippen molar-refractivity contribution in [2.45, 2.75) is 12.7 Å². The molecule has 0 radical (unpaired) electrons. The summed E-state index contributed by atoms with van der Waals surface area (Å²) in [5.41, 5.74) is -2.21. The first-order chi connectivity index (χ1) is 8.06. The topological polar surface area (TPSA) is 69.0 Å². The van der Waals surface area contributed by atoms with Crippen LogP contribution < -0.4 is 0 Å². The molecule has 0 unspecified atom stereocenters. The molecule has 1 heterocycles. The minimum absolute atomic E-state index is 0.0604. The number of aryl methyl sites for hydroxylation is 1. The van der Waals surface area contributed by atoms with Gasteiger partial charge in [0.05, 0.1) is 17.9 Å². The molecule has 0 aromatic carbocycles. The number of aldehydes is 1. The van der Waals surface area contributed by atoms with Crippen LogP contribution >= 0.6 is 11.6 Å². The molecule has 18 heavy (non-hydrogen) atoms. The molecule has 102 valence electrons. The number of aromatic nitrogens is 2. The van der Waals surface area contributed by atoms with Crippen LogP contribution in [0.25, 0.3) is 0 Å². The van der Waals surface area contributed by atoms with Crippen LogP contribution in [0.15, 0.2) is 0 Å². The van der Waals surface area contributed by atoms with E-state index in [9.17, 15) is 26.4 Å². The Morgan fingerprint density at radius 3 is 2.33 bits per heavy atom. The minimum atomic E-state index is -4.82. The molecule has 0 saturated carbocycles. The van der Waals surface area contributed by atoms with Crippen molar-refractivity contribution in [2.24, 2.45) is 0 Å². The van der Waals surface area contributed by atoms with Crippen LogP contribution in [0.1, 0.15) is 16.1 Å². The third kappa shape index (κ3) is 3.45. The molecular weight excluding hydrogens is 297 g/mol. The summed E-state index contributed by atoms with van der Waals surface area (Å²) in [5.74, 6) is -0.427. The quantitative estimate of drug-likeness (QED) is 0.789. The monoisotopic (exact) mass is 304 g/mol. The lowest BCUT2D eigenvalue weighted by atomic mass is 10.2. The number of nitrogens with zero attached hydrogens (tertiary/aromatic N) is 2. The van der Waals surface area contributed by atoms with Crippen molar-refractivity contribution in [3.05, 3.63) is 16.4 Å². The minimum Gasteiger partial charge on any atom is -0.298 e. The fraction of sp³-hybridized carbons (Fsp3) is 0.500. The predicted molar refractivity (Wildman–Crippen MR) is 57.3 cm³/mol. The maximum Gasteiger partial charge on any atom is 0.435 e. The van der Waals surface area contributed by atoms with Gasteiger partial charge in [-0.05, 0) is 0 Å². The van der Waals surface area contributed by atoms with Crippen LogP contribution in [0.5, 0.6) is 0 Å². The Bertz CT molecular complexity index is 565. The molecule has 1 aromatic rings. The van der Waals surface area contributed by atoms with Crippen LogP contribution in [0.2, 0.25) is 5.15 Å². The van der Waals surface area contributed by atoms with Gasteiger partial charge < -0.3 is 0 Å². The lowest BCUT2D eigenvalue weighted by molar-refractivity contribution is -0.141. The van der Waals surface area contributed by atoms with Gasteiger partial charge in [-0.15, -0.1) is 0 Å². The second-order valence-electron chi connectivity index (χ2n) is 3.52. The Morgan fingerprint density at radius 1 is 1.44 bits per heavy atom. The first-order valence-corrected chi connectivity index (χ1v) is 6.96. The fourth-order valence-corrected chi connectivity index (χ4v) is 1.93. The summed E-state index contributed by atoms with van der Waals surface area (Å²) in [6.45, 7) is -0.353. The van der Waals surface area contributed by atoms with E-state index in [1.807, 2.05) is 0 Å². The van der Waals surface area contributed by atoms with E-state index >= 15 is 0 Å². The molecular formula is C8H8ClF3N2O3S. The highest BCUT2D eigenvalue weighted by Crippen LogP contribution is 2.33. The number of alkyl halides is 3. The Morgan fingerprint density at radius 2 is 2.00 bits per heavy atom. The molecule has 0 saturated heterocycles. The van der Waals surface area contributed by atoms with Crippen LogP contribution in [0.4, 0.5) is 13.2 Å². The highest BCUT2D eigenvalue weighted by atomic mass is 35.5. The van der Waals surface area contributed by atoms with Crippen LogP contribution in [-0.4, -0.2) is 36.5 Å². The number of sulfone groups is 1. The van der Waals surface area contributed by atoms with E-state index in [-0.39, 0.29) is 12.8 Å². The zero-order valence-electron chi connectivity index (χ0n) is 9.03. The van der Waals surface area contributed by atoms with Gasteiger partial charge in [-0.1, -0.05) is 11.6 Å². The molecule has 0 aliphatic carbocycles. The Labute approximate surface area is 105 Å². The van der Waals surface area contributed by atoms with E-state index in [4.69, 9.17) is 11.6 Å². The van der Waals surface area contributed by atoms with Crippen molar-refractivity contribution in [1.29, 1.82) is 0 Å². The number of hydrogen-bond donors (Lipinski definition) is 0. The summed E-state index contributed by atoms with van der Waals surface area (Å²) in [7, 11) is -3.37. The van der Waals surface area contributed by atoms with Gasteiger partial charge in [0.25, 0.3) is 0 Å². The van der Waals surface area contributed by atoms with Crippen molar-refractivity contribution in [3.63, 3.8) is 0 Å². The van der Waals surface area contributed by atoms with Crippen LogP contribution in [0, 0.1) is 0 Å². The summed E-state index contributed by atoms with van der Waals surface area (Å²) in [4.78, 5) is 10.6. The molecule has 0 aliphatic heterocycles. The van der Waals surface area contributed by atoms with Gasteiger partial charge in [-0.2, -0.15) is 18.3 Å². The normalized spacial score (nSPS) is 12.7. The molecule has 5 nitrogen and oxygen atoms in total. The number of carbonyl (C=O) groups is 1. The summed E-state index contributed by atoms with van der Waals surface area (Å²) >= 11 is 5.54. The average Bonchev–Trinajstić information content (AvgIpc) is 2.50. The second-order valence-corrected chi connectivity index (χ2v) is 6.14. The Kier molecular flexibility index (Phi) is 4.06. The lowest BCUT2D eigenvalue weighted by Crippen LogP contribution is -2.14. The van der Waals surface area contributed by atoms with Gasteiger partial charge in [0, 0.05) is 6.26 Å². The zero-order chi connectivity index (χ0) is 14.1. The molecule has 0 aliphatic rings. The van der Waals surface area contributed by atoms with Gasteiger partial charge in [0.15, 0.2) is 12.0 Å². The third-order valence-corrected chi connectivity index (χ3v) is 3.31. The van der Waals surface area contributed by atoms with Crippen molar-refractivity contribution >= 4 is 27.7 Å². The van der Waals surface area contributed by atoms with Crippen LogP contribution in [0.3, 0.4) is 0 Å². The van der Waals surface area contributed by atoms with Gasteiger partial charge in [0.1, 0.15) is 15.0 Å². The van der Waals surface area contributed by atoms with E-state index in [0.29, 0.717) is 4.68 Å². The number of hydrogen-bond acceptors (Lipinski definition) is 4. The summed E-state index contributed by atoms with van der Waals surface area (Å²) in [6, 6.07) is 0. The standard InChI is InChI=1S/C8H8ClF3N2O3S/c1-18(16,17)3-2-14-7(9)5(4-15)6(13-14)8(10,11)12/h4H,2-3H2,1H3. The third-order valence-electron chi connectivity index (χ3n) is 1.98. The predicted octanol–water partition coefficient (Wildman–Crippen LogP) is 1.41. The maximum absolute atomic E-state index is 12.5. The highest BCUT2D eigenvalue weighted by molar-refractivity contribution is 7.90. The Balaban J connectivity index is 3.16. The van der Waals surface area contributed by atoms with Crippen molar-refractivity contribution in [3.8, 4) is 0 Å². The first kappa shape index (κ1) is 15.0. The zero-order valence-corrected chi connectivity index (χ0v) is 10.6. The molecule has 0 atom stereocenters. The molecule has 0 bridgehead atoms. The Hall–Kier alpha value is -1.09. The van der Waals surface area contributed by atoms with Gasteiger partial charge in [-0.25, -0.2) is 8.42 Å². The average molecular weight is 305 g/mol. The molecule has 0 fully saturated rings. The summed E-state index contributed by atoms with van der Waals surface area (Å²) in [6.07, 6.45) is -3.96. The molecule has 0 spiro atoms. The summed E-state index contributed by atoms with van der Waals surface area (Å²) in [5, 5.41) is 2.59. The molecule has 0 N–H and O–H groups in total. The van der Waals surface area contributed by atoms with Crippen molar-refractivity contribution in [1.82, 2.24) is 9.78 Å². The number of rotatable bonds is 4. The molecule has 1 rings (SSSR count). The van der Waals surface area contributed by atoms with E-state index in [2.05, 4.69) is 5.10 Å². The van der Waals surface area contributed by atoms with E-state index in [1.165, 1.54) is 0 Å². The number of halogens is 4. The largest absolute Gasteiger partial charge is 0.435 e. The second kappa shape index (κ2) is 4.88. The lowest BCUT2D eigenvalue weighted by Gasteiger charge is -2.02. The maximum atomic E-state index is 12.5. The fourth-order valence-electron chi connectivity index (χ4n) is 1.17. The molecule has 10 heteroatoms. The first-order valence-electron chi connectivity index (χ1n) is 4.52. The van der Waals surface area contributed by atoms with Crippen LogP contribution in [-0.2, 0) is 22.6 Å².